The number of benzene rings is 1. The summed E-state index contributed by atoms with van der Waals surface area (Å²) in [4.78, 5) is 11.7. The SMILES string of the molecule is CCC(CCCl)CNC(=O)Cc1ccc(F)cc1F. The molecule has 19 heavy (non-hydrogen) atoms. The third kappa shape index (κ3) is 5.55. The number of nitrogens with one attached hydrogen (secondary N) is 1. The first-order valence-corrected chi connectivity index (χ1v) is 6.86. The fourth-order valence-corrected chi connectivity index (χ4v) is 2.07. The van der Waals surface area contributed by atoms with Gasteiger partial charge in [0.25, 0.3) is 0 Å². The first kappa shape index (κ1) is 15.9. The van der Waals surface area contributed by atoms with Gasteiger partial charge in [-0.3, -0.25) is 4.79 Å². The molecule has 1 rings (SSSR count). The molecule has 0 spiro atoms. The second-order valence-corrected chi connectivity index (χ2v) is 4.85. The van der Waals surface area contributed by atoms with Gasteiger partial charge in [0.2, 0.25) is 5.91 Å². The topological polar surface area (TPSA) is 29.1 Å². The van der Waals surface area contributed by atoms with Crippen LogP contribution >= 0.6 is 11.6 Å². The predicted octanol–water partition coefficient (Wildman–Crippen LogP) is 3.28. The highest BCUT2D eigenvalue weighted by Gasteiger charge is 2.11. The summed E-state index contributed by atoms with van der Waals surface area (Å²) in [6.45, 7) is 2.56. The second kappa shape index (κ2) is 8.10. The molecule has 0 bridgehead atoms. The Kier molecular flexibility index (Phi) is 6.78. The molecule has 1 aromatic rings. The van der Waals surface area contributed by atoms with Crippen LogP contribution in [0.15, 0.2) is 18.2 Å². The van der Waals surface area contributed by atoms with Crippen molar-refractivity contribution in [1.29, 1.82) is 0 Å². The predicted molar refractivity (Wildman–Crippen MR) is 72.2 cm³/mol. The fraction of sp³-hybridized carbons (Fsp3) is 0.500. The minimum Gasteiger partial charge on any atom is -0.356 e. The van der Waals surface area contributed by atoms with Crippen LogP contribution in [0.2, 0.25) is 0 Å². The quantitative estimate of drug-likeness (QED) is 0.767. The van der Waals surface area contributed by atoms with E-state index in [0.717, 1.165) is 25.0 Å². The van der Waals surface area contributed by atoms with Crippen LogP contribution in [-0.2, 0) is 11.2 Å². The summed E-state index contributed by atoms with van der Waals surface area (Å²) in [5.41, 5.74) is 0.198. The molecule has 1 aromatic carbocycles. The molecule has 0 radical (unpaired) electrons. The molecule has 2 nitrogen and oxygen atoms in total. The largest absolute Gasteiger partial charge is 0.356 e. The summed E-state index contributed by atoms with van der Waals surface area (Å²) in [5, 5.41) is 2.75. The van der Waals surface area contributed by atoms with Crippen molar-refractivity contribution in [2.45, 2.75) is 26.2 Å². The van der Waals surface area contributed by atoms with Gasteiger partial charge in [-0.15, -0.1) is 11.6 Å². The van der Waals surface area contributed by atoms with Gasteiger partial charge in [0.05, 0.1) is 6.42 Å². The smallest absolute Gasteiger partial charge is 0.224 e. The van der Waals surface area contributed by atoms with E-state index < -0.39 is 11.6 Å². The van der Waals surface area contributed by atoms with E-state index >= 15 is 0 Å². The number of amides is 1. The summed E-state index contributed by atoms with van der Waals surface area (Å²) >= 11 is 5.66. The van der Waals surface area contributed by atoms with Crippen molar-refractivity contribution in [1.82, 2.24) is 5.32 Å². The first-order chi connectivity index (χ1) is 9.06. The van der Waals surface area contributed by atoms with Crippen LogP contribution in [-0.4, -0.2) is 18.3 Å². The zero-order valence-corrected chi connectivity index (χ0v) is 11.6. The van der Waals surface area contributed by atoms with Crippen molar-refractivity contribution in [3.63, 3.8) is 0 Å². The van der Waals surface area contributed by atoms with Crippen molar-refractivity contribution < 1.29 is 13.6 Å². The standard InChI is InChI=1S/C14H18ClF2NO/c1-2-10(5-6-15)9-18-14(19)7-11-3-4-12(16)8-13(11)17/h3-4,8,10H,2,5-7,9H2,1H3,(H,18,19). The molecule has 0 saturated carbocycles. The van der Waals surface area contributed by atoms with Crippen LogP contribution in [0.5, 0.6) is 0 Å². The van der Waals surface area contributed by atoms with Crippen molar-refractivity contribution >= 4 is 17.5 Å². The summed E-state index contributed by atoms with van der Waals surface area (Å²) in [7, 11) is 0. The van der Waals surface area contributed by atoms with Gasteiger partial charge in [-0.1, -0.05) is 19.4 Å². The Morgan fingerprint density at radius 1 is 1.42 bits per heavy atom. The van der Waals surface area contributed by atoms with Gasteiger partial charge in [-0.05, 0) is 24.0 Å². The molecule has 106 valence electrons. The van der Waals surface area contributed by atoms with E-state index in [1.165, 1.54) is 6.07 Å². The minimum absolute atomic E-state index is 0.0799. The Labute approximate surface area is 117 Å². The molecule has 0 heterocycles. The zero-order valence-electron chi connectivity index (χ0n) is 10.9. The molecule has 1 atom stereocenters. The monoisotopic (exact) mass is 289 g/mol. The van der Waals surface area contributed by atoms with Crippen molar-refractivity contribution in [3.05, 3.63) is 35.4 Å². The van der Waals surface area contributed by atoms with E-state index in [0.29, 0.717) is 18.3 Å². The lowest BCUT2D eigenvalue weighted by Crippen LogP contribution is -2.30. The first-order valence-electron chi connectivity index (χ1n) is 6.33. The van der Waals surface area contributed by atoms with Crippen LogP contribution in [0.25, 0.3) is 0 Å². The third-order valence-electron chi connectivity index (χ3n) is 3.05. The van der Waals surface area contributed by atoms with E-state index in [2.05, 4.69) is 5.32 Å². The van der Waals surface area contributed by atoms with E-state index in [1.807, 2.05) is 6.92 Å². The van der Waals surface area contributed by atoms with Crippen molar-refractivity contribution in [3.8, 4) is 0 Å². The Morgan fingerprint density at radius 2 is 2.16 bits per heavy atom. The molecule has 1 unspecified atom stereocenters. The molecule has 0 aliphatic rings. The zero-order chi connectivity index (χ0) is 14.3. The lowest BCUT2D eigenvalue weighted by atomic mass is 10.0. The minimum atomic E-state index is -0.692. The molecule has 0 aliphatic heterocycles. The molecular formula is C14H18ClF2NO. The highest BCUT2D eigenvalue weighted by atomic mass is 35.5. The molecule has 1 N–H and O–H groups in total. The van der Waals surface area contributed by atoms with Crippen molar-refractivity contribution in [2.75, 3.05) is 12.4 Å². The Hall–Kier alpha value is -1.16. The van der Waals surface area contributed by atoms with E-state index in [1.54, 1.807) is 0 Å². The summed E-state index contributed by atoms with van der Waals surface area (Å²) in [6.07, 6.45) is 1.69. The van der Waals surface area contributed by atoms with Crippen LogP contribution in [0.3, 0.4) is 0 Å². The van der Waals surface area contributed by atoms with Gasteiger partial charge in [0.1, 0.15) is 11.6 Å². The second-order valence-electron chi connectivity index (χ2n) is 4.47. The summed E-state index contributed by atoms with van der Waals surface area (Å²) in [6, 6.07) is 3.22. The van der Waals surface area contributed by atoms with Gasteiger partial charge in [0.15, 0.2) is 0 Å². The molecule has 0 aromatic heterocycles. The lowest BCUT2D eigenvalue weighted by Gasteiger charge is -2.14. The number of halogens is 3. The summed E-state index contributed by atoms with van der Waals surface area (Å²) in [5.74, 6) is -0.711. The third-order valence-corrected chi connectivity index (χ3v) is 3.27. The fourth-order valence-electron chi connectivity index (χ4n) is 1.76. The molecular weight excluding hydrogens is 272 g/mol. The highest BCUT2D eigenvalue weighted by Crippen LogP contribution is 2.11. The number of alkyl halides is 1. The average Bonchev–Trinajstić information content (AvgIpc) is 2.38. The number of rotatable bonds is 7. The molecule has 5 heteroatoms. The van der Waals surface area contributed by atoms with Gasteiger partial charge in [-0.2, -0.15) is 0 Å². The van der Waals surface area contributed by atoms with Gasteiger partial charge in [-0.25, -0.2) is 8.78 Å². The molecule has 1 amide bonds. The summed E-state index contributed by atoms with van der Waals surface area (Å²) < 4.78 is 26.1. The normalized spacial score (nSPS) is 12.2. The van der Waals surface area contributed by atoms with Crippen LogP contribution in [0.4, 0.5) is 8.78 Å². The van der Waals surface area contributed by atoms with Crippen LogP contribution in [0.1, 0.15) is 25.3 Å². The van der Waals surface area contributed by atoms with Crippen LogP contribution < -0.4 is 5.32 Å². The van der Waals surface area contributed by atoms with Gasteiger partial charge < -0.3 is 5.32 Å². The molecule has 0 aliphatic carbocycles. The number of hydrogen-bond donors (Lipinski definition) is 1. The molecule has 0 fully saturated rings. The van der Waals surface area contributed by atoms with E-state index in [9.17, 15) is 13.6 Å². The van der Waals surface area contributed by atoms with E-state index in [4.69, 9.17) is 11.6 Å². The lowest BCUT2D eigenvalue weighted by molar-refractivity contribution is -0.120. The number of hydrogen-bond acceptors (Lipinski definition) is 1. The highest BCUT2D eigenvalue weighted by molar-refractivity contribution is 6.17. The van der Waals surface area contributed by atoms with Crippen molar-refractivity contribution in [2.24, 2.45) is 5.92 Å². The van der Waals surface area contributed by atoms with Crippen LogP contribution in [0, 0.1) is 17.6 Å². The van der Waals surface area contributed by atoms with E-state index in [-0.39, 0.29) is 17.9 Å². The maximum atomic E-state index is 13.4. The Bertz CT molecular complexity index is 426. The van der Waals surface area contributed by atoms with Gasteiger partial charge >= 0.3 is 0 Å². The maximum absolute atomic E-state index is 13.4. The number of carbonyl (C=O) groups excluding carboxylic acids is 1. The number of carbonyl (C=O) groups is 1. The van der Waals surface area contributed by atoms with Gasteiger partial charge in [0, 0.05) is 18.5 Å². The Morgan fingerprint density at radius 3 is 2.74 bits per heavy atom. The maximum Gasteiger partial charge on any atom is 0.224 e. The molecule has 0 saturated heterocycles. The average molecular weight is 290 g/mol. The Balaban J connectivity index is 2.46.